The Hall–Kier alpha value is -1.09. The van der Waals surface area contributed by atoms with Gasteiger partial charge < -0.3 is 5.32 Å². The minimum Gasteiger partial charge on any atom is -0.311 e. The van der Waals surface area contributed by atoms with Crippen LogP contribution in [0.5, 0.6) is 0 Å². The van der Waals surface area contributed by atoms with E-state index in [0.29, 0.717) is 12.0 Å². The summed E-state index contributed by atoms with van der Waals surface area (Å²) in [5.74, 6) is 0.557. The molecule has 0 aliphatic heterocycles. The van der Waals surface area contributed by atoms with E-state index in [4.69, 9.17) is 0 Å². The van der Waals surface area contributed by atoms with Gasteiger partial charge in [-0.1, -0.05) is 33.3 Å². The third kappa shape index (κ3) is 3.81. The van der Waals surface area contributed by atoms with Gasteiger partial charge in [-0.25, -0.2) is 0 Å². The molecular formula is C13H23N3. The second-order valence-electron chi connectivity index (χ2n) is 4.79. The van der Waals surface area contributed by atoms with Crippen molar-refractivity contribution < 1.29 is 0 Å². The smallest absolute Gasteiger partial charge is 0.0606 e. The number of rotatable bonds is 5. The van der Waals surface area contributed by atoms with Crippen LogP contribution in [0.15, 0.2) is 17.8 Å². The highest BCUT2D eigenvalue weighted by Gasteiger charge is 2.05. The van der Waals surface area contributed by atoms with E-state index in [1.807, 2.05) is 24.0 Å². The van der Waals surface area contributed by atoms with Crippen LogP contribution in [-0.2, 0) is 7.05 Å². The monoisotopic (exact) mass is 221 g/mol. The molecule has 3 heteroatoms. The number of aromatic nitrogens is 2. The van der Waals surface area contributed by atoms with E-state index >= 15 is 0 Å². The fourth-order valence-corrected chi connectivity index (χ4v) is 1.46. The zero-order valence-corrected chi connectivity index (χ0v) is 11.0. The van der Waals surface area contributed by atoms with Crippen molar-refractivity contribution in [2.75, 3.05) is 6.54 Å². The first-order valence-electron chi connectivity index (χ1n) is 5.92. The Morgan fingerprint density at radius 1 is 1.44 bits per heavy atom. The van der Waals surface area contributed by atoms with Gasteiger partial charge in [0, 0.05) is 25.8 Å². The largest absolute Gasteiger partial charge is 0.311 e. The number of aryl methyl sites for hydroxylation is 1. The zero-order valence-electron chi connectivity index (χ0n) is 11.0. The zero-order chi connectivity index (χ0) is 12.1. The Kier molecular flexibility index (Phi) is 4.74. The van der Waals surface area contributed by atoms with E-state index in [1.165, 1.54) is 5.57 Å². The van der Waals surface area contributed by atoms with Gasteiger partial charge in [0.1, 0.15) is 0 Å². The van der Waals surface area contributed by atoms with Gasteiger partial charge >= 0.3 is 0 Å². The molecule has 1 rings (SSSR count). The predicted octanol–water partition coefficient (Wildman–Crippen LogP) is 2.46. The predicted molar refractivity (Wildman–Crippen MR) is 69.2 cm³/mol. The summed E-state index contributed by atoms with van der Waals surface area (Å²) in [4.78, 5) is 0. The summed E-state index contributed by atoms with van der Waals surface area (Å²) in [6.45, 7) is 9.74. The van der Waals surface area contributed by atoms with Crippen molar-refractivity contribution in [1.29, 1.82) is 0 Å². The SMILES string of the molecule is CC(C)NCC(=Cc1ccnn1C)C(C)C. The van der Waals surface area contributed by atoms with E-state index in [-0.39, 0.29) is 0 Å². The topological polar surface area (TPSA) is 29.9 Å². The lowest BCUT2D eigenvalue weighted by molar-refractivity contribution is 0.592. The fourth-order valence-electron chi connectivity index (χ4n) is 1.46. The normalized spacial score (nSPS) is 12.8. The molecule has 0 radical (unpaired) electrons. The van der Waals surface area contributed by atoms with Crippen LogP contribution in [0.1, 0.15) is 33.4 Å². The molecule has 16 heavy (non-hydrogen) atoms. The van der Waals surface area contributed by atoms with Gasteiger partial charge in [0.05, 0.1) is 5.69 Å². The lowest BCUT2D eigenvalue weighted by Gasteiger charge is -2.15. The van der Waals surface area contributed by atoms with Gasteiger partial charge in [-0.2, -0.15) is 5.10 Å². The first kappa shape index (κ1) is 13.0. The molecule has 0 aliphatic rings. The van der Waals surface area contributed by atoms with E-state index < -0.39 is 0 Å². The summed E-state index contributed by atoms with van der Waals surface area (Å²) >= 11 is 0. The highest BCUT2D eigenvalue weighted by Crippen LogP contribution is 2.13. The Balaban J connectivity index is 2.77. The number of nitrogens with zero attached hydrogens (tertiary/aromatic N) is 2. The van der Waals surface area contributed by atoms with E-state index in [0.717, 1.165) is 12.2 Å². The molecule has 0 atom stereocenters. The van der Waals surface area contributed by atoms with Crippen LogP contribution in [0.2, 0.25) is 0 Å². The number of nitrogens with one attached hydrogen (secondary N) is 1. The van der Waals surface area contributed by atoms with Crippen molar-refractivity contribution in [3.05, 3.63) is 23.5 Å². The first-order chi connectivity index (χ1) is 7.50. The van der Waals surface area contributed by atoms with Gasteiger partial charge in [-0.05, 0) is 18.1 Å². The molecule has 0 spiro atoms. The minimum absolute atomic E-state index is 0.522. The molecular weight excluding hydrogens is 198 g/mol. The maximum Gasteiger partial charge on any atom is 0.0606 e. The average molecular weight is 221 g/mol. The molecule has 0 saturated carbocycles. The molecule has 3 nitrogen and oxygen atoms in total. The molecule has 1 aromatic rings. The van der Waals surface area contributed by atoms with Crippen LogP contribution in [0.3, 0.4) is 0 Å². The van der Waals surface area contributed by atoms with Crippen LogP contribution >= 0.6 is 0 Å². The van der Waals surface area contributed by atoms with Gasteiger partial charge in [-0.15, -0.1) is 0 Å². The number of hydrogen-bond acceptors (Lipinski definition) is 2. The van der Waals surface area contributed by atoms with Crippen molar-refractivity contribution >= 4 is 6.08 Å². The van der Waals surface area contributed by atoms with Gasteiger partial charge in [0.25, 0.3) is 0 Å². The summed E-state index contributed by atoms with van der Waals surface area (Å²) in [5, 5.41) is 7.64. The Labute approximate surface area is 98.5 Å². The molecule has 1 heterocycles. The van der Waals surface area contributed by atoms with Crippen LogP contribution in [0.4, 0.5) is 0 Å². The number of hydrogen-bond donors (Lipinski definition) is 1. The molecule has 0 unspecified atom stereocenters. The Morgan fingerprint density at radius 2 is 2.12 bits per heavy atom. The molecule has 0 amide bonds. The summed E-state index contributed by atoms with van der Waals surface area (Å²) < 4.78 is 1.90. The average Bonchev–Trinajstić information content (AvgIpc) is 2.58. The second kappa shape index (κ2) is 5.85. The lowest BCUT2D eigenvalue weighted by Crippen LogP contribution is -2.26. The van der Waals surface area contributed by atoms with Crippen LogP contribution in [-0.4, -0.2) is 22.4 Å². The summed E-state index contributed by atoms with van der Waals surface area (Å²) in [7, 11) is 1.97. The lowest BCUT2D eigenvalue weighted by atomic mass is 10.0. The minimum atomic E-state index is 0.522. The quantitative estimate of drug-likeness (QED) is 0.827. The summed E-state index contributed by atoms with van der Waals surface area (Å²) in [6.07, 6.45) is 4.06. The summed E-state index contributed by atoms with van der Waals surface area (Å²) in [5.41, 5.74) is 2.58. The molecule has 0 fully saturated rings. The Morgan fingerprint density at radius 3 is 2.56 bits per heavy atom. The van der Waals surface area contributed by atoms with E-state index in [1.54, 1.807) is 0 Å². The van der Waals surface area contributed by atoms with E-state index in [2.05, 4.69) is 44.2 Å². The fraction of sp³-hybridized carbons (Fsp3) is 0.615. The van der Waals surface area contributed by atoms with Crippen molar-refractivity contribution in [2.45, 2.75) is 33.7 Å². The van der Waals surface area contributed by atoms with Crippen molar-refractivity contribution in [2.24, 2.45) is 13.0 Å². The molecule has 0 aromatic carbocycles. The highest BCUT2D eigenvalue weighted by molar-refractivity contribution is 5.49. The van der Waals surface area contributed by atoms with Gasteiger partial charge in [-0.3, -0.25) is 4.68 Å². The maximum absolute atomic E-state index is 4.18. The molecule has 90 valence electrons. The van der Waals surface area contributed by atoms with Gasteiger partial charge in [0.15, 0.2) is 0 Å². The standard InChI is InChI=1S/C13H23N3/c1-10(2)12(9-14-11(3)4)8-13-6-7-15-16(13)5/h6-8,10-11,14H,9H2,1-5H3. The van der Waals surface area contributed by atoms with Crippen LogP contribution in [0.25, 0.3) is 6.08 Å². The van der Waals surface area contributed by atoms with Gasteiger partial charge in [0.2, 0.25) is 0 Å². The Bertz CT molecular complexity index is 348. The molecule has 1 aromatic heterocycles. The van der Waals surface area contributed by atoms with E-state index in [9.17, 15) is 0 Å². The van der Waals surface area contributed by atoms with Crippen molar-refractivity contribution in [1.82, 2.24) is 15.1 Å². The molecule has 1 N–H and O–H groups in total. The highest BCUT2D eigenvalue weighted by atomic mass is 15.2. The second-order valence-corrected chi connectivity index (χ2v) is 4.79. The molecule has 0 saturated heterocycles. The van der Waals surface area contributed by atoms with Crippen molar-refractivity contribution in [3.8, 4) is 0 Å². The summed E-state index contributed by atoms with van der Waals surface area (Å²) in [6, 6.07) is 2.56. The first-order valence-corrected chi connectivity index (χ1v) is 5.92. The third-order valence-corrected chi connectivity index (χ3v) is 2.65. The van der Waals surface area contributed by atoms with Crippen molar-refractivity contribution in [3.63, 3.8) is 0 Å². The van der Waals surface area contributed by atoms with Crippen LogP contribution < -0.4 is 5.32 Å². The molecule has 0 aliphatic carbocycles. The maximum atomic E-state index is 4.18. The van der Waals surface area contributed by atoms with Crippen LogP contribution in [0, 0.1) is 5.92 Å². The molecule has 0 bridgehead atoms. The third-order valence-electron chi connectivity index (χ3n) is 2.65.